The number of nitrogens with two attached hydrogens (primary N) is 1. The lowest BCUT2D eigenvalue weighted by Crippen LogP contribution is -1.95. The number of nitrogen functional groups attached to an aromatic ring is 1. The van der Waals surface area contributed by atoms with Crippen molar-refractivity contribution in [3.63, 3.8) is 0 Å². The molecular formula is C21H22FN5. The van der Waals surface area contributed by atoms with E-state index in [0.717, 1.165) is 22.4 Å². The molecule has 2 heterocycles. The largest absolute Gasteiger partial charge is 0.384 e. The zero-order valence-corrected chi connectivity index (χ0v) is 15.5. The van der Waals surface area contributed by atoms with Crippen LogP contribution in [0.15, 0.2) is 42.1 Å². The van der Waals surface area contributed by atoms with E-state index in [0.29, 0.717) is 22.9 Å². The highest BCUT2D eigenvalue weighted by molar-refractivity contribution is 5.85. The minimum atomic E-state index is -0.255. The third-order valence-corrected chi connectivity index (χ3v) is 4.36. The average molecular weight is 363 g/mol. The van der Waals surface area contributed by atoms with E-state index in [1.807, 2.05) is 26.0 Å². The number of allylic oxidation sites excluding steroid dienone is 1. The Bertz CT molecular complexity index is 1020. The zero-order chi connectivity index (χ0) is 19.6. The topological polar surface area (TPSA) is 91.4 Å². The van der Waals surface area contributed by atoms with Crippen molar-refractivity contribution < 1.29 is 4.39 Å². The lowest BCUT2D eigenvalue weighted by molar-refractivity contribution is 0.619. The van der Waals surface area contributed by atoms with Gasteiger partial charge in [-0.2, -0.15) is 0 Å². The second-order valence-corrected chi connectivity index (χ2v) is 6.72. The third kappa shape index (κ3) is 3.95. The first-order valence-corrected chi connectivity index (χ1v) is 8.69. The number of imidazole rings is 1. The van der Waals surface area contributed by atoms with Gasteiger partial charge in [0.2, 0.25) is 0 Å². The number of hydrogen-bond donors (Lipinski definition) is 3. The van der Waals surface area contributed by atoms with E-state index in [2.05, 4.69) is 9.97 Å². The molecule has 0 unspecified atom stereocenters. The Morgan fingerprint density at radius 2 is 2.00 bits per heavy atom. The van der Waals surface area contributed by atoms with Gasteiger partial charge in [-0.25, -0.2) is 14.4 Å². The molecule has 0 atom stereocenters. The molecule has 0 aliphatic rings. The van der Waals surface area contributed by atoms with Gasteiger partial charge in [0, 0.05) is 23.5 Å². The lowest BCUT2D eigenvalue weighted by Gasteiger charge is -2.05. The maximum absolute atomic E-state index is 13.7. The van der Waals surface area contributed by atoms with Crippen LogP contribution in [0.4, 0.5) is 10.2 Å². The van der Waals surface area contributed by atoms with E-state index in [1.165, 1.54) is 12.3 Å². The predicted octanol–water partition coefficient (Wildman–Crippen LogP) is 4.86. The van der Waals surface area contributed by atoms with Crippen molar-refractivity contribution in [3.05, 3.63) is 59.3 Å². The number of nitrogens with one attached hydrogen (secondary N) is 2. The predicted molar refractivity (Wildman–Crippen MR) is 108 cm³/mol. The van der Waals surface area contributed by atoms with Gasteiger partial charge in [-0.05, 0) is 60.4 Å². The van der Waals surface area contributed by atoms with E-state index < -0.39 is 0 Å². The van der Waals surface area contributed by atoms with Crippen LogP contribution in [0.3, 0.4) is 0 Å². The second kappa shape index (κ2) is 7.53. The molecular weight excluding hydrogens is 341 g/mol. The van der Waals surface area contributed by atoms with Gasteiger partial charge >= 0.3 is 0 Å². The number of aromatic nitrogens is 3. The van der Waals surface area contributed by atoms with Gasteiger partial charge < -0.3 is 16.1 Å². The summed E-state index contributed by atoms with van der Waals surface area (Å²) < 4.78 is 13.7. The molecule has 0 radical (unpaired) electrons. The maximum Gasteiger partial charge on any atom is 0.131 e. The van der Waals surface area contributed by atoms with Crippen molar-refractivity contribution in [3.8, 4) is 22.5 Å². The first-order chi connectivity index (χ1) is 12.9. The number of benzene rings is 1. The molecule has 0 aliphatic carbocycles. The van der Waals surface area contributed by atoms with E-state index in [4.69, 9.17) is 16.1 Å². The summed E-state index contributed by atoms with van der Waals surface area (Å²) in [6.07, 6.45) is 4.82. The number of nitrogens with zero attached hydrogens (tertiary/aromatic N) is 2. The number of aromatic amines is 1. The van der Waals surface area contributed by atoms with Crippen LogP contribution in [-0.4, -0.2) is 21.2 Å². The molecule has 2 aromatic heterocycles. The number of halogens is 1. The highest BCUT2D eigenvalue weighted by Gasteiger charge is 2.15. The number of H-pyrrole nitrogens is 1. The normalized spacial score (nSPS) is 11.8. The fourth-order valence-electron chi connectivity index (χ4n) is 2.81. The van der Waals surface area contributed by atoms with Crippen molar-refractivity contribution in [2.75, 3.05) is 5.73 Å². The van der Waals surface area contributed by atoms with E-state index in [1.54, 1.807) is 31.3 Å². The monoisotopic (exact) mass is 363 g/mol. The van der Waals surface area contributed by atoms with Crippen LogP contribution < -0.4 is 5.73 Å². The van der Waals surface area contributed by atoms with Crippen LogP contribution in [0.2, 0.25) is 0 Å². The van der Waals surface area contributed by atoms with Gasteiger partial charge in [0.25, 0.3) is 0 Å². The molecule has 0 saturated heterocycles. The van der Waals surface area contributed by atoms with Gasteiger partial charge in [0.05, 0.1) is 11.4 Å². The molecule has 0 bridgehead atoms. The fraction of sp³-hybridized carbons (Fsp3) is 0.190. The average Bonchev–Trinajstić information content (AvgIpc) is 3.05. The summed E-state index contributed by atoms with van der Waals surface area (Å²) in [5.41, 5.74) is 10.4. The molecule has 1 aromatic carbocycles. The molecule has 3 rings (SSSR count). The molecule has 0 saturated carbocycles. The van der Waals surface area contributed by atoms with Crippen LogP contribution in [-0.2, 0) is 0 Å². The Hall–Kier alpha value is -3.28. The molecule has 0 amide bonds. The Labute approximate surface area is 157 Å². The van der Waals surface area contributed by atoms with Gasteiger partial charge in [-0.3, -0.25) is 0 Å². The Morgan fingerprint density at radius 3 is 2.63 bits per heavy atom. The number of anilines is 1. The smallest absolute Gasteiger partial charge is 0.131 e. The van der Waals surface area contributed by atoms with Crippen LogP contribution in [0.25, 0.3) is 28.6 Å². The molecule has 0 aliphatic heterocycles. The van der Waals surface area contributed by atoms with Crippen LogP contribution in [0.1, 0.15) is 25.2 Å². The Morgan fingerprint density at radius 1 is 1.22 bits per heavy atom. The van der Waals surface area contributed by atoms with Crippen LogP contribution >= 0.6 is 0 Å². The van der Waals surface area contributed by atoms with Crippen LogP contribution in [0.5, 0.6) is 0 Å². The Kier molecular flexibility index (Phi) is 5.16. The fourth-order valence-corrected chi connectivity index (χ4v) is 2.81. The minimum absolute atomic E-state index is 0.198. The number of pyridine rings is 1. The Balaban J connectivity index is 2.20. The molecule has 27 heavy (non-hydrogen) atoms. The van der Waals surface area contributed by atoms with Crippen molar-refractivity contribution in [2.45, 2.75) is 20.8 Å². The molecule has 3 aromatic rings. The summed E-state index contributed by atoms with van der Waals surface area (Å²) in [6.45, 7) is 5.77. The molecule has 0 spiro atoms. The summed E-state index contributed by atoms with van der Waals surface area (Å²) in [5, 5.41) is 7.61. The van der Waals surface area contributed by atoms with E-state index in [9.17, 15) is 4.39 Å². The number of aryl methyl sites for hydroxylation is 1. The van der Waals surface area contributed by atoms with Gasteiger partial charge in [0.1, 0.15) is 17.5 Å². The van der Waals surface area contributed by atoms with E-state index in [-0.39, 0.29) is 11.7 Å². The second-order valence-electron chi connectivity index (χ2n) is 6.72. The maximum atomic E-state index is 13.7. The van der Waals surface area contributed by atoms with E-state index >= 15 is 0 Å². The van der Waals surface area contributed by atoms with Crippen molar-refractivity contribution >= 4 is 18.1 Å². The first kappa shape index (κ1) is 18.5. The standard InChI is InChI=1S/C21H22FN5/c1-12(2)16(11-23)10-19-26-20(14-4-5-17(22)13(3)8-14)21(27-19)15-6-7-25-18(24)9-15/h4-12,23H,1-3H3,(H2,24,25)(H,26,27)/b16-10+,23-11?. The van der Waals surface area contributed by atoms with Crippen LogP contribution in [0, 0.1) is 24.1 Å². The third-order valence-electron chi connectivity index (χ3n) is 4.36. The first-order valence-electron chi connectivity index (χ1n) is 8.69. The quantitative estimate of drug-likeness (QED) is 0.565. The number of rotatable bonds is 5. The molecule has 4 N–H and O–H groups in total. The van der Waals surface area contributed by atoms with Crippen molar-refractivity contribution in [2.24, 2.45) is 5.92 Å². The summed E-state index contributed by atoms with van der Waals surface area (Å²) in [5.74, 6) is 0.978. The molecule has 0 fully saturated rings. The zero-order valence-electron chi connectivity index (χ0n) is 15.5. The SMILES string of the molecule is Cc1cc(-c2nc(/C=C(\C=N)C(C)C)[nH]c2-c2ccnc(N)c2)ccc1F. The molecule has 138 valence electrons. The molecule has 5 nitrogen and oxygen atoms in total. The van der Waals surface area contributed by atoms with Crippen molar-refractivity contribution in [1.82, 2.24) is 15.0 Å². The summed E-state index contributed by atoms with van der Waals surface area (Å²) >= 11 is 0. The molecule has 6 heteroatoms. The lowest BCUT2D eigenvalue weighted by atomic mass is 10.0. The van der Waals surface area contributed by atoms with Crippen molar-refractivity contribution in [1.29, 1.82) is 5.41 Å². The summed E-state index contributed by atoms with van der Waals surface area (Å²) in [6, 6.07) is 8.53. The van der Waals surface area contributed by atoms with Gasteiger partial charge in [0.15, 0.2) is 0 Å². The highest BCUT2D eigenvalue weighted by atomic mass is 19.1. The summed E-state index contributed by atoms with van der Waals surface area (Å²) in [7, 11) is 0. The highest BCUT2D eigenvalue weighted by Crippen LogP contribution is 2.32. The summed E-state index contributed by atoms with van der Waals surface area (Å²) in [4.78, 5) is 12.1. The van der Waals surface area contributed by atoms with Gasteiger partial charge in [-0.1, -0.05) is 13.8 Å². The van der Waals surface area contributed by atoms with Gasteiger partial charge in [-0.15, -0.1) is 0 Å². The number of hydrogen-bond acceptors (Lipinski definition) is 4. The minimum Gasteiger partial charge on any atom is -0.384 e.